The van der Waals surface area contributed by atoms with Crippen LogP contribution in [0.15, 0.2) is 229 Å². The summed E-state index contributed by atoms with van der Waals surface area (Å²) in [5.74, 6) is 0.401. The van der Waals surface area contributed by atoms with Crippen LogP contribution in [0.1, 0.15) is 42.9 Å². The molecule has 314 valence electrons. The van der Waals surface area contributed by atoms with Crippen molar-refractivity contribution in [3.63, 3.8) is 0 Å². The van der Waals surface area contributed by atoms with Gasteiger partial charge < -0.3 is 13.9 Å². The van der Waals surface area contributed by atoms with E-state index in [0.717, 1.165) is 62.2 Å². The van der Waals surface area contributed by atoms with Crippen molar-refractivity contribution >= 4 is 60.8 Å². The van der Waals surface area contributed by atoms with Crippen LogP contribution in [0.25, 0.3) is 82.8 Å². The zero-order chi connectivity index (χ0) is 43.9. The monoisotopic (exact) mass is 846 g/mol. The van der Waals surface area contributed by atoms with E-state index in [1.165, 1.54) is 60.8 Å². The normalized spacial score (nSPS) is 14.9. The molecule has 13 rings (SSSR count). The van der Waals surface area contributed by atoms with Crippen molar-refractivity contribution in [3.05, 3.63) is 241 Å². The van der Waals surface area contributed by atoms with E-state index in [1.807, 2.05) is 12.1 Å². The van der Waals surface area contributed by atoms with Gasteiger partial charge in [-0.2, -0.15) is 0 Å². The van der Waals surface area contributed by atoms with Crippen LogP contribution in [0.2, 0.25) is 0 Å². The lowest BCUT2D eigenvalue weighted by Crippen LogP contribution is -2.16. The highest BCUT2D eigenvalue weighted by atomic mass is 16.3. The second-order valence-electron chi connectivity index (χ2n) is 18.4. The molecule has 11 aromatic rings. The zero-order valence-corrected chi connectivity index (χ0v) is 36.9. The van der Waals surface area contributed by atoms with Crippen molar-refractivity contribution in [1.82, 2.24) is 4.57 Å². The number of furan rings is 1. The molecule has 1 atom stereocenters. The highest BCUT2D eigenvalue weighted by Crippen LogP contribution is 2.51. The van der Waals surface area contributed by atoms with E-state index in [2.05, 4.69) is 236 Å². The fourth-order valence-electron chi connectivity index (χ4n) is 11.0. The molecule has 0 saturated carbocycles. The third-order valence-electron chi connectivity index (χ3n) is 14.4. The Bertz CT molecular complexity index is 3750. The quantitative estimate of drug-likeness (QED) is 0.159. The fourth-order valence-corrected chi connectivity index (χ4v) is 11.0. The van der Waals surface area contributed by atoms with Gasteiger partial charge in [-0.1, -0.05) is 166 Å². The Morgan fingerprint density at radius 2 is 1.14 bits per heavy atom. The van der Waals surface area contributed by atoms with Crippen LogP contribution in [-0.4, -0.2) is 4.57 Å². The molecule has 0 fully saturated rings. The Morgan fingerprint density at radius 1 is 0.485 bits per heavy atom. The molecule has 66 heavy (non-hydrogen) atoms. The smallest absolute Gasteiger partial charge is 0.143 e. The van der Waals surface area contributed by atoms with Gasteiger partial charge in [-0.3, -0.25) is 0 Å². The van der Waals surface area contributed by atoms with E-state index < -0.39 is 0 Å². The van der Waals surface area contributed by atoms with Crippen molar-refractivity contribution in [1.29, 1.82) is 0 Å². The molecule has 1 unspecified atom stereocenters. The first-order valence-corrected chi connectivity index (χ1v) is 23.1. The molecule has 2 aliphatic rings. The van der Waals surface area contributed by atoms with Gasteiger partial charge in [-0.15, -0.1) is 0 Å². The number of fused-ring (bicyclic) bond motifs is 9. The molecule has 0 aliphatic heterocycles. The Labute approximate surface area is 384 Å². The fraction of sp³-hybridized carbons (Fsp3) is 0.0794. The zero-order valence-electron chi connectivity index (χ0n) is 36.9. The molecule has 0 radical (unpaired) electrons. The van der Waals surface area contributed by atoms with Crippen LogP contribution in [0.4, 0.5) is 17.1 Å². The third-order valence-corrected chi connectivity index (χ3v) is 14.4. The van der Waals surface area contributed by atoms with Gasteiger partial charge in [0.15, 0.2) is 0 Å². The summed E-state index contributed by atoms with van der Waals surface area (Å²) in [6.45, 7) is 4.72. The van der Waals surface area contributed by atoms with Crippen LogP contribution in [0.5, 0.6) is 0 Å². The molecule has 2 heterocycles. The molecule has 2 aromatic heterocycles. The maximum absolute atomic E-state index is 6.41. The van der Waals surface area contributed by atoms with Crippen LogP contribution in [0.3, 0.4) is 0 Å². The van der Waals surface area contributed by atoms with Gasteiger partial charge in [-0.25, -0.2) is 0 Å². The SMILES string of the molecule is CC1(C)c2ccccc2-c2ccc(N(c3ccc(-c4ccc5c(c4)c4ccccc4n5-c4ccc(-c5cccc6c5oc5ccccc56)cc4)cc3)c3ccc(C4C=CC=CC4)cc3)cc21. The Balaban J connectivity index is 0.862. The summed E-state index contributed by atoms with van der Waals surface area (Å²) in [4.78, 5) is 2.42. The second kappa shape index (κ2) is 15.0. The van der Waals surface area contributed by atoms with E-state index in [1.54, 1.807) is 0 Å². The summed E-state index contributed by atoms with van der Waals surface area (Å²) in [7, 11) is 0. The maximum atomic E-state index is 6.41. The van der Waals surface area contributed by atoms with E-state index in [9.17, 15) is 0 Å². The number of anilines is 3. The van der Waals surface area contributed by atoms with Crippen molar-refractivity contribution < 1.29 is 4.42 Å². The summed E-state index contributed by atoms with van der Waals surface area (Å²) in [6.07, 6.45) is 9.91. The number of nitrogens with zero attached hydrogens (tertiary/aromatic N) is 2. The molecular formula is C63H46N2O. The minimum atomic E-state index is -0.0984. The first-order valence-electron chi connectivity index (χ1n) is 23.1. The van der Waals surface area contributed by atoms with Crippen molar-refractivity contribution in [2.24, 2.45) is 0 Å². The van der Waals surface area contributed by atoms with Gasteiger partial charge in [0.1, 0.15) is 11.2 Å². The number of para-hydroxylation sites is 3. The molecule has 0 saturated heterocycles. The number of allylic oxidation sites excluding steroid dienone is 4. The first kappa shape index (κ1) is 38.3. The summed E-state index contributed by atoms with van der Waals surface area (Å²) >= 11 is 0. The van der Waals surface area contributed by atoms with E-state index in [-0.39, 0.29) is 5.41 Å². The number of hydrogen-bond acceptors (Lipinski definition) is 2. The van der Waals surface area contributed by atoms with Gasteiger partial charge in [0.25, 0.3) is 0 Å². The van der Waals surface area contributed by atoms with E-state index >= 15 is 0 Å². The predicted molar refractivity (Wildman–Crippen MR) is 277 cm³/mol. The molecule has 0 N–H and O–H groups in total. The standard InChI is InChI=1S/C63H46N2O/c1-63(2)57-20-9-6-15-51(57)52-37-36-49(40-58(52)63)64(46-30-23-42(24-31-46)41-13-4-3-5-14-41)47-32-25-43(26-33-47)45-29-38-60-56(39-45)53-16-7-10-21-59(53)65(60)48-34-27-44(28-35-48)50-18-12-19-55-54-17-8-11-22-61(54)66-62(50)55/h3-13,15-41H,14H2,1-2H3. The van der Waals surface area contributed by atoms with Gasteiger partial charge in [-0.05, 0) is 124 Å². The predicted octanol–water partition coefficient (Wildman–Crippen LogP) is 17.4. The van der Waals surface area contributed by atoms with E-state index in [0.29, 0.717) is 5.92 Å². The average molecular weight is 847 g/mol. The Morgan fingerprint density at radius 3 is 1.95 bits per heavy atom. The maximum Gasteiger partial charge on any atom is 0.143 e. The lowest BCUT2D eigenvalue weighted by Gasteiger charge is -2.28. The number of aromatic nitrogens is 1. The first-order chi connectivity index (χ1) is 32.5. The molecule has 0 bridgehead atoms. The Hall–Kier alpha value is -8.14. The van der Waals surface area contributed by atoms with E-state index in [4.69, 9.17) is 4.42 Å². The molecule has 3 heteroatoms. The van der Waals surface area contributed by atoms with Crippen molar-refractivity contribution in [2.45, 2.75) is 31.6 Å². The summed E-state index contributed by atoms with van der Waals surface area (Å²) in [5.41, 5.74) is 20.0. The lowest BCUT2D eigenvalue weighted by atomic mass is 9.82. The van der Waals surface area contributed by atoms with Crippen molar-refractivity contribution in [2.75, 3.05) is 4.90 Å². The molecule has 2 aliphatic carbocycles. The molecule has 0 amide bonds. The lowest BCUT2D eigenvalue weighted by molar-refractivity contribution is 0.660. The molecule has 9 aromatic carbocycles. The minimum Gasteiger partial charge on any atom is -0.455 e. The van der Waals surface area contributed by atoms with Crippen LogP contribution < -0.4 is 4.90 Å². The van der Waals surface area contributed by atoms with Crippen molar-refractivity contribution in [3.8, 4) is 39.1 Å². The minimum absolute atomic E-state index is 0.0984. The van der Waals surface area contributed by atoms with Gasteiger partial charge >= 0.3 is 0 Å². The summed E-state index contributed by atoms with van der Waals surface area (Å²) in [5, 5.41) is 4.75. The highest BCUT2D eigenvalue weighted by Gasteiger charge is 2.35. The Kier molecular flexibility index (Phi) is 8.69. The molecular weight excluding hydrogens is 801 g/mol. The van der Waals surface area contributed by atoms with Crippen LogP contribution in [0, 0.1) is 0 Å². The molecule has 0 spiro atoms. The molecule has 3 nitrogen and oxygen atoms in total. The highest BCUT2D eigenvalue weighted by molar-refractivity contribution is 6.11. The largest absolute Gasteiger partial charge is 0.455 e. The number of benzene rings is 9. The average Bonchev–Trinajstić information content (AvgIpc) is 4.00. The van der Waals surface area contributed by atoms with Crippen LogP contribution >= 0.6 is 0 Å². The third kappa shape index (κ3) is 6.04. The number of hydrogen-bond donors (Lipinski definition) is 0. The van der Waals surface area contributed by atoms with Crippen LogP contribution in [-0.2, 0) is 5.41 Å². The van der Waals surface area contributed by atoms with Gasteiger partial charge in [0.2, 0.25) is 0 Å². The number of rotatable bonds is 7. The topological polar surface area (TPSA) is 21.3 Å². The van der Waals surface area contributed by atoms with Gasteiger partial charge in [0.05, 0.1) is 11.0 Å². The second-order valence-corrected chi connectivity index (χ2v) is 18.4. The summed E-state index contributed by atoms with van der Waals surface area (Å²) in [6, 6.07) is 73.6. The van der Waals surface area contributed by atoms with Gasteiger partial charge in [0, 0.05) is 61.2 Å². The summed E-state index contributed by atoms with van der Waals surface area (Å²) < 4.78 is 8.80.